The second-order valence-electron chi connectivity index (χ2n) is 5.18. The first-order valence-electron chi connectivity index (χ1n) is 6.57. The van der Waals surface area contributed by atoms with Gasteiger partial charge in [0.05, 0.1) is 18.4 Å². The van der Waals surface area contributed by atoms with Crippen molar-refractivity contribution in [2.45, 2.75) is 45.1 Å². The van der Waals surface area contributed by atoms with Crippen LogP contribution in [0, 0.1) is 0 Å². The van der Waals surface area contributed by atoms with E-state index in [1.54, 1.807) is 6.92 Å². The smallest absolute Gasteiger partial charge is 0.0639 e. The summed E-state index contributed by atoms with van der Waals surface area (Å²) in [5, 5.41) is 18.5. The number of β-amino-alcohol motifs (C(OH)–C–C–N with tert-alkyl or cyclic N) is 1. The van der Waals surface area contributed by atoms with Crippen molar-refractivity contribution in [1.29, 1.82) is 0 Å². The Bertz CT molecular complexity index is 204. The summed E-state index contributed by atoms with van der Waals surface area (Å²) >= 11 is 0. The third-order valence-corrected chi connectivity index (χ3v) is 3.28. The molecule has 1 aliphatic heterocycles. The van der Waals surface area contributed by atoms with Crippen molar-refractivity contribution in [3.8, 4) is 0 Å². The molecule has 4 N–H and O–H groups in total. The molecule has 0 amide bonds. The maximum absolute atomic E-state index is 9.32. The molecule has 1 heterocycles. The Morgan fingerprint density at radius 2 is 1.59 bits per heavy atom. The van der Waals surface area contributed by atoms with Gasteiger partial charge < -0.3 is 15.9 Å². The number of aliphatic hydroxyl groups excluding tert-OH is 2. The third-order valence-electron chi connectivity index (χ3n) is 3.28. The predicted molar refractivity (Wildman–Crippen MR) is 68.6 cm³/mol. The molecular formula is C12H27N3O2. The topological polar surface area (TPSA) is 73.0 Å². The Labute approximate surface area is 104 Å². The molecule has 1 rings (SSSR count). The van der Waals surface area contributed by atoms with Crippen molar-refractivity contribution >= 4 is 0 Å². The summed E-state index contributed by atoms with van der Waals surface area (Å²) in [6, 6.07) is 0. The molecule has 0 bridgehead atoms. The first kappa shape index (κ1) is 14.9. The Morgan fingerprint density at radius 3 is 2.06 bits per heavy atom. The lowest BCUT2D eigenvalue weighted by atomic mass is 10.1. The Hall–Kier alpha value is -0.200. The van der Waals surface area contributed by atoms with Gasteiger partial charge >= 0.3 is 0 Å². The van der Waals surface area contributed by atoms with E-state index in [4.69, 9.17) is 5.73 Å². The van der Waals surface area contributed by atoms with Crippen molar-refractivity contribution in [2.24, 2.45) is 5.73 Å². The number of nitrogens with two attached hydrogens (primary N) is 1. The molecule has 1 fully saturated rings. The van der Waals surface area contributed by atoms with Crippen molar-refractivity contribution < 1.29 is 10.2 Å². The molecule has 0 aromatic heterocycles. The van der Waals surface area contributed by atoms with Gasteiger partial charge in [0.15, 0.2) is 0 Å². The minimum absolute atomic E-state index is 0.0540. The molecule has 1 aliphatic rings. The molecule has 3 atom stereocenters. The summed E-state index contributed by atoms with van der Waals surface area (Å²) in [6.45, 7) is 8.20. The van der Waals surface area contributed by atoms with Crippen LogP contribution in [0.25, 0.3) is 0 Å². The Morgan fingerprint density at radius 1 is 1.00 bits per heavy atom. The van der Waals surface area contributed by atoms with Crippen molar-refractivity contribution in [1.82, 2.24) is 9.80 Å². The van der Waals surface area contributed by atoms with Crippen LogP contribution in [0.4, 0.5) is 0 Å². The van der Waals surface area contributed by atoms with Gasteiger partial charge in [0.1, 0.15) is 0 Å². The molecule has 1 saturated heterocycles. The number of piperazine rings is 1. The molecule has 0 aromatic carbocycles. The number of aliphatic hydroxyl groups is 2. The molecule has 102 valence electrons. The van der Waals surface area contributed by atoms with Crippen molar-refractivity contribution in [2.75, 3.05) is 32.7 Å². The fourth-order valence-electron chi connectivity index (χ4n) is 2.25. The lowest BCUT2D eigenvalue weighted by Gasteiger charge is -2.38. The Balaban J connectivity index is 2.21. The van der Waals surface area contributed by atoms with Crippen LogP contribution >= 0.6 is 0 Å². The average Bonchev–Trinajstić information content (AvgIpc) is 2.26. The fraction of sp³-hybridized carbons (Fsp3) is 1.00. The monoisotopic (exact) mass is 245 g/mol. The van der Waals surface area contributed by atoms with Gasteiger partial charge in [-0.05, 0) is 26.7 Å². The van der Waals surface area contributed by atoms with Crippen LogP contribution in [0.15, 0.2) is 0 Å². The van der Waals surface area contributed by atoms with Crippen LogP contribution in [0.3, 0.4) is 0 Å². The van der Waals surface area contributed by atoms with E-state index in [2.05, 4.69) is 9.80 Å². The first-order chi connectivity index (χ1) is 7.99. The largest absolute Gasteiger partial charge is 0.393 e. The van der Waals surface area contributed by atoms with Gasteiger partial charge in [-0.2, -0.15) is 0 Å². The summed E-state index contributed by atoms with van der Waals surface area (Å²) in [4.78, 5) is 4.53. The molecule has 0 radical (unpaired) electrons. The summed E-state index contributed by atoms with van der Waals surface area (Å²) in [5.41, 5.74) is 6.09. The minimum Gasteiger partial charge on any atom is -0.393 e. The summed E-state index contributed by atoms with van der Waals surface area (Å²) in [5.74, 6) is 0. The molecule has 0 aliphatic carbocycles. The summed E-state index contributed by atoms with van der Waals surface area (Å²) in [6.07, 6.45) is 1.13. The van der Waals surface area contributed by atoms with Crippen LogP contribution in [0.2, 0.25) is 0 Å². The highest BCUT2D eigenvalue weighted by Gasteiger charge is 2.21. The zero-order valence-corrected chi connectivity index (χ0v) is 11.0. The third kappa shape index (κ3) is 5.79. The van der Waals surface area contributed by atoms with Crippen LogP contribution in [-0.2, 0) is 0 Å². The van der Waals surface area contributed by atoms with Gasteiger partial charge in [0.2, 0.25) is 0 Å². The molecule has 0 saturated carbocycles. The zero-order valence-electron chi connectivity index (χ0n) is 11.0. The highest BCUT2D eigenvalue weighted by atomic mass is 16.3. The van der Waals surface area contributed by atoms with E-state index in [1.807, 2.05) is 6.92 Å². The maximum Gasteiger partial charge on any atom is 0.0639 e. The van der Waals surface area contributed by atoms with E-state index in [1.165, 1.54) is 0 Å². The van der Waals surface area contributed by atoms with E-state index < -0.39 is 0 Å². The summed E-state index contributed by atoms with van der Waals surface area (Å²) < 4.78 is 0. The molecule has 0 aromatic rings. The van der Waals surface area contributed by atoms with Crippen LogP contribution < -0.4 is 5.73 Å². The lowest BCUT2D eigenvalue weighted by Crippen LogP contribution is -2.54. The van der Waals surface area contributed by atoms with Crippen molar-refractivity contribution in [3.05, 3.63) is 0 Å². The van der Waals surface area contributed by atoms with E-state index in [0.29, 0.717) is 0 Å². The SMILES string of the molecule is CC(O)CCC(N)N1CCN(CC(C)O)CC1. The standard InChI is InChI=1S/C12H27N3O2/c1-10(16)3-4-12(13)15-7-5-14(6-8-15)9-11(2)17/h10-12,16-17H,3-9,13H2,1-2H3. The zero-order chi connectivity index (χ0) is 12.8. The number of nitrogens with zero attached hydrogens (tertiary/aromatic N) is 2. The van der Waals surface area contributed by atoms with Gasteiger partial charge in [-0.1, -0.05) is 0 Å². The van der Waals surface area contributed by atoms with Gasteiger partial charge in [-0.15, -0.1) is 0 Å². The molecule has 5 nitrogen and oxygen atoms in total. The highest BCUT2D eigenvalue weighted by molar-refractivity contribution is 4.76. The second kappa shape index (κ2) is 7.28. The number of rotatable bonds is 6. The minimum atomic E-state index is -0.266. The number of hydrogen-bond donors (Lipinski definition) is 3. The molecule has 5 heteroatoms. The Kier molecular flexibility index (Phi) is 6.37. The van der Waals surface area contributed by atoms with E-state index in [9.17, 15) is 10.2 Å². The first-order valence-corrected chi connectivity index (χ1v) is 6.57. The molecule has 0 spiro atoms. The molecule has 3 unspecified atom stereocenters. The average molecular weight is 245 g/mol. The van der Waals surface area contributed by atoms with E-state index >= 15 is 0 Å². The quantitative estimate of drug-likeness (QED) is 0.584. The maximum atomic E-state index is 9.32. The van der Waals surface area contributed by atoms with Crippen LogP contribution in [0.1, 0.15) is 26.7 Å². The van der Waals surface area contributed by atoms with Gasteiger partial charge in [-0.25, -0.2) is 0 Å². The predicted octanol–water partition coefficient (Wildman–Crippen LogP) is -0.569. The van der Waals surface area contributed by atoms with Crippen molar-refractivity contribution in [3.63, 3.8) is 0 Å². The number of hydrogen-bond acceptors (Lipinski definition) is 5. The van der Waals surface area contributed by atoms with E-state index in [-0.39, 0.29) is 18.4 Å². The second-order valence-corrected chi connectivity index (χ2v) is 5.18. The summed E-state index contributed by atoms with van der Waals surface area (Å²) in [7, 11) is 0. The van der Waals surface area contributed by atoms with Crippen LogP contribution in [0.5, 0.6) is 0 Å². The van der Waals surface area contributed by atoms with E-state index in [0.717, 1.165) is 45.6 Å². The lowest BCUT2D eigenvalue weighted by molar-refractivity contribution is 0.0570. The molecule has 17 heavy (non-hydrogen) atoms. The highest BCUT2D eigenvalue weighted by Crippen LogP contribution is 2.09. The van der Waals surface area contributed by atoms with Crippen LogP contribution in [-0.4, -0.2) is 71.1 Å². The van der Waals surface area contributed by atoms with Gasteiger partial charge in [0, 0.05) is 32.7 Å². The molecular weight excluding hydrogens is 218 g/mol. The van der Waals surface area contributed by atoms with Gasteiger partial charge in [-0.3, -0.25) is 9.80 Å². The normalized spacial score (nSPS) is 24.5. The van der Waals surface area contributed by atoms with Gasteiger partial charge in [0.25, 0.3) is 0 Å². The fourth-order valence-corrected chi connectivity index (χ4v) is 2.25.